The van der Waals surface area contributed by atoms with Crippen LogP contribution in [-0.4, -0.2) is 26.5 Å². The van der Waals surface area contributed by atoms with E-state index in [1.54, 1.807) is 0 Å². The fourth-order valence-electron chi connectivity index (χ4n) is 0.898. The van der Waals surface area contributed by atoms with Gasteiger partial charge in [-0.2, -0.15) is 8.42 Å². The first kappa shape index (κ1) is 12.0. The van der Waals surface area contributed by atoms with Crippen molar-refractivity contribution in [2.24, 2.45) is 0 Å². The van der Waals surface area contributed by atoms with Crippen molar-refractivity contribution in [2.45, 2.75) is 5.75 Å². The summed E-state index contributed by atoms with van der Waals surface area (Å²) in [5, 5.41) is 9.20. The zero-order valence-electron chi connectivity index (χ0n) is 7.36. The van der Waals surface area contributed by atoms with Gasteiger partial charge in [0.1, 0.15) is 5.75 Å². The molecule has 0 saturated carbocycles. The molecule has 6 nitrogen and oxygen atoms in total. The molecule has 0 fully saturated rings. The van der Waals surface area contributed by atoms with Gasteiger partial charge in [0.25, 0.3) is 8.87 Å². The number of hydrogen-bond acceptors (Lipinski definition) is 5. The predicted molar refractivity (Wildman–Crippen MR) is 52.3 cm³/mol. The number of rotatable bonds is 3. The van der Waals surface area contributed by atoms with E-state index in [-0.39, 0.29) is 11.3 Å². The van der Waals surface area contributed by atoms with Crippen LogP contribution in [0.15, 0.2) is 24.3 Å². The molecule has 1 aromatic rings. The van der Waals surface area contributed by atoms with E-state index in [0.29, 0.717) is 0 Å². The summed E-state index contributed by atoms with van der Waals surface area (Å²) < 4.78 is 51.4. The summed E-state index contributed by atoms with van der Waals surface area (Å²) >= 11 is 0. The van der Waals surface area contributed by atoms with Crippen molar-refractivity contribution in [1.29, 1.82) is 0 Å². The second-order valence-corrected chi connectivity index (χ2v) is 7.81. The van der Waals surface area contributed by atoms with Crippen LogP contribution in [0.2, 0.25) is 0 Å². The standard InChI is InChI=1S/C7H8O6S2/c8-7-4-2-1-3-6(7)5-14(9,10)15(11,12)13/h1-4,8H,5H2,(H,11,12,13). The molecule has 0 saturated heterocycles. The molecule has 84 valence electrons. The Morgan fingerprint density at radius 2 is 1.60 bits per heavy atom. The highest BCUT2D eigenvalue weighted by molar-refractivity contribution is 8.64. The molecular weight excluding hydrogens is 244 g/mol. The first-order chi connectivity index (χ1) is 6.74. The molecule has 15 heavy (non-hydrogen) atoms. The average molecular weight is 252 g/mol. The van der Waals surface area contributed by atoms with Gasteiger partial charge in [-0.15, -0.1) is 0 Å². The van der Waals surface area contributed by atoms with Crippen LogP contribution in [-0.2, 0) is 23.8 Å². The summed E-state index contributed by atoms with van der Waals surface area (Å²) in [6.07, 6.45) is 0. The van der Waals surface area contributed by atoms with Gasteiger partial charge in [0.2, 0.25) is 0 Å². The van der Waals surface area contributed by atoms with Crippen LogP contribution >= 0.6 is 0 Å². The molecule has 2 N–H and O–H groups in total. The van der Waals surface area contributed by atoms with Crippen molar-refractivity contribution in [3.8, 4) is 5.75 Å². The van der Waals surface area contributed by atoms with Crippen molar-refractivity contribution in [2.75, 3.05) is 0 Å². The Bertz CT molecular complexity index is 557. The number of phenolic OH excluding ortho intramolecular Hbond substituents is 1. The van der Waals surface area contributed by atoms with Crippen LogP contribution in [0.1, 0.15) is 5.56 Å². The van der Waals surface area contributed by atoms with Crippen molar-refractivity contribution in [1.82, 2.24) is 0 Å². The molecule has 0 aromatic heterocycles. The smallest absolute Gasteiger partial charge is 0.373 e. The summed E-state index contributed by atoms with van der Waals surface area (Å²) in [4.78, 5) is 0. The minimum absolute atomic E-state index is 0.0878. The highest BCUT2D eigenvalue weighted by atomic mass is 33.2. The Morgan fingerprint density at radius 3 is 2.07 bits per heavy atom. The van der Waals surface area contributed by atoms with Crippen molar-refractivity contribution in [3.05, 3.63) is 29.8 Å². The third-order valence-corrected chi connectivity index (χ3v) is 5.23. The van der Waals surface area contributed by atoms with Crippen LogP contribution in [0.4, 0.5) is 0 Å². The zero-order valence-corrected chi connectivity index (χ0v) is 8.99. The Hall–Kier alpha value is -1.12. The monoisotopic (exact) mass is 252 g/mol. The fraction of sp³-hybridized carbons (Fsp3) is 0.143. The molecule has 0 bridgehead atoms. The van der Waals surface area contributed by atoms with Crippen LogP contribution < -0.4 is 0 Å². The molecule has 0 aliphatic rings. The van der Waals surface area contributed by atoms with E-state index < -0.39 is 23.8 Å². The van der Waals surface area contributed by atoms with Gasteiger partial charge in [-0.05, 0) is 6.07 Å². The highest BCUT2D eigenvalue weighted by Gasteiger charge is 2.28. The minimum Gasteiger partial charge on any atom is -0.508 e. The van der Waals surface area contributed by atoms with Crippen LogP contribution in [0.3, 0.4) is 0 Å². The van der Waals surface area contributed by atoms with Crippen LogP contribution in [0, 0.1) is 0 Å². The van der Waals surface area contributed by atoms with Crippen molar-refractivity contribution in [3.63, 3.8) is 0 Å². The Labute approximate surface area is 86.2 Å². The number of para-hydroxylation sites is 1. The summed E-state index contributed by atoms with van der Waals surface area (Å²) in [7, 11) is -9.86. The lowest BCUT2D eigenvalue weighted by Gasteiger charge is -2.03. The van der Waals surface area contributed by atoms with Gasteiger partial charge in [-0.25, -0.2) is 8.42 Å². The van der Waals surface area contributed by atoms with E-state index in [4.69, 9.17) is 4.55 Å². The number of benzene rings is 1. The lowest BCUT2D eigenvalue weighted by Crippen LogP contribution is -2.16. The largest absolute Gasteiger partial charge is 0.508 e. The molecular formula is C7H8O6S2. The topological polar surface area (TPSA) is 109 Å². The molecule has 0 atom stereocenters. The van der Waals surface area contributed by atoms with E-state index >= 15 is 0 Å². The normalized spacial score (nSPS) is 12.6. The summed E-state index contributed by atoms with van der Waals surface area (Å²) in [6, 6.07) is 5.36. The molecule has 0 aliphatic heterocycles. The van der Waals surface area contributed by atoms with Gasteiger partial charge in [0, 0.05) is 5.56 Å². The maximum Gasteiger partial charge on any atom is 0.373 e. The third-order valence-electron chi connectivity index (χ3n) is 1.64. The van der Waals surface area contributed by atoms with Gasteiger partial charge < -0.3 is 5.11 Å². The van der Waals surface area contributed by atoms with E-state index in [1.807, 2.05) is 0 Å². The second-order valence-electron chi connectivity index (χ2n) is 2.76. The van der Waals surface area contributed by atoms with Crippen molar-refractivity contribution < 1.29 is 26.5 Å². The van der Waals surface area contributed by atoms with E-state index in [9.17, 15) is 21.9 Å². The Balaban J connectivity index is 3.14. The maximum atomic E-state index is 11.0. The number of hydrogen-bond donors (Lipinski definition) is 2. The van der Waals surface area contributed by atoms with Gasteiger partial charge >= 0.3 is 9.15 Å². The minimum atomic E-state index is -5.16. The maximum absolute atomic E-state index is 11.0. The lowest BCUT2D eigenvalue weighted by molar-refractivity contribution is 0.469. The fourth-order valence-corrected chi connectivity index (χ4v) is 2.50. The Morgan fingerprint density at radius 1 is 1.07 bits per heavy atom. The van der Waals surface area contributed by atoms with E-state index in [2.05, 4.69) is 0 Å². The average Bonchev–Trinajstić information content (AvgIpc) is 2.06. The van der Waals surface area contributed by atoms with Crippen LogP contribution in [0.25, 0.3) is 0 Å². The number of aromatic hydroxyl groups is 1. The van der Waals surface area contributed by atoms with Gasteiger partial charge in [0.15, 0.2) is 0 Å². The summed E-state index contributed by atoms with van der Waals surface area (Å²) in [6.45, 7) is 0. The first-order valence-electron chi connectivity index (χ1n) is 3.71. The first-order valence-corrected chi connectivity index (χ1v) is 7.32. The van der Waals surface area contributed by atoms with E-state index in [0.717, 1.165) is 0 Å². The lowest BCUT2D eigenvalue weighted by atomic mass is 10.2. The van der Waals surface area contributed by atoms with Crippen LogP contribution in [0.5, 0.6) is 5.75 Å². The molecule has 0 spiro atoms. The quantitative estimate of drug-likeness (QED) is 0.583. The molecule has 0 radical (unpaired) electrons. The molecule has 1 aromatic carbocycles. The molecule has 1 rings (SSSR count). The number of phenols is 1. The molecule has 0 unspecified atom stereocenters. The summed E-state index contributed by atoms with van der Waals surface area (Å²) in [5.41, 5.74) is -0.0878. The van der Waals surface area contributed by atoms with Gasteiger partial charge in [-0.1, -0.05) is 18.2 Å². The second kappa shape index (κ2) is 3.80. The predicted octanol–water partition coefficient (Wildman–Crippen LogP) is 0.110. The third kappa shape index (κ3) is 2.67. The summed E-state index contributed by atoms with van der Waals surface area (Å²) in [5.74, 6) is -1.30. The van der Waals surface area contributed by atoms with Crippen molar-refractivity contribution >= 4 is 18.0 Å². The molecule has 0 amide bonds. The van der Waals surface area contributed by atoms with Gasteiger partial charge in [0.05, 0.1) is 5.75 Å². The highest BCUT2D eigenvalue weighted by Crippen LogP contribution is 2.20. The Kier molecular flexibility index (Phi) is 3.03. The molecule has 0 aliphatic carbocycles. The van der Waals surface area contributed by atoms with Gasteiger partial charge in [-0.3, -0.25) is 4.55 Å². The molecule has 8 heteroatoms. The zero-order chi connectivity index (χ0) is 11.7. The van der Waals surface area contributed by atoms with E-state index in [1.165, 1.54) is 24.3 Å². The SMILES string of the molecule is O=S(=O)(O)S(=O)(=O)Cc1ccccc1O. The molecule has 0 heterocycles.